The number of methoxy groups -OCH3 is 1. The van der Waals surface area contributed by atoms with Gasteiger partial charge in [-0.15, -0.1) is 0 Å². The van der Waals surface area contributed by atoms with Gasteiger partial charge in [0, 0.05) is 58.1 Å². The number of nitrogens with one attached hydrogen (secondary N) is 1. The molecule has 1 aliphatic heterocycles. The fourth-order valence-electron chi connectivity index (χ4n) is 2.52. The first-order valence-electron chi connectivity index (χ1n) is 7.83. The van der Waals surface area contributed by atoms with Gasteiger partial charge in [0.05, 0.1) is 18.8 Å². The molecule has 7 heteroatoms. The minimum absolute atomic E-state index is 0.0999. The van der Waals surface area contributed by atoms with E-state index in [0.717, 1.165) is 51.3 Å². The van der Waals surface area contributed by atoms with Gasteiger partial charge in [-0.3, -0.25) is 19.5 Å². The molecule has 23 heavy (non-hydrogen) atoms. The lowest BCUT2D eigenvalue weighted by Crippen LogP contribution is -2.51. The van der Waals surface area contributed by atoms with Gasteiger partial charge >= 0.3 is 0 Å². The van der Waals surface area contributed by atoms with Crippen LogP contribution in [0.2, 0.25) is 0 Å². The molecule has 0 unspecified atom stereocenters. The summed E-state index contributed by atoms with van der Waals surface area (Å²) in [6, 6.07) is 3.38. The summed E-state index contributed by atoms with van der Waals surface area (Å²) in [5.41, 5.74) is 1.35. The average molecular weight is 320 g/mol. The van der Waals surface area contributed by atoms with Crippen molar-refractivity contribution in [3.63, 3.8) is 0 Å². The molecule has 0 atom stereocenters. The van der Waals surface area contributed by atoms with E-state index in [-0.39, 0.29) is 12.5 Å². The number of piperazine rings is 1. The van der Waals surface area contributed by atoms with E-state index >= 15 is 0 Å². The number of nitrogens with zero attached hydrogens (tertiary/aromatic N) is 3. The van der Waals surface area contributed by atoms with Gasteiger partial charge in [-0.2, -0.15) is 0 Å². The van der Waals surface area contributed by atoms with Crippen LogP contribution in [0.1, 0.15) is 16.1 Å². The Kier molecular flexibility index (Phi) is 7.12. The Hall–Kier alpha value is -1.83. The summed E-state index contributed by atoms with van der Waals surface area (Å²) in [4.78, 5) is 31.2. The quantitative estimate of drug-likeness (QED) is 0.667. The predicted octanol–water partition coefficient (Wildman–Crippen LogP) is -0.226. The molecule has 7 nitrogen and oxygen atoms in total. The number of ether oxygens (including phenoxy) is 1. The van der Waals surface area contributed by atoms with Crippen molar-refractivity contribution in [3.05, 3.63) is 29.6 Å². The minimum atomic E-state index is 0.0999. The molecule has 1 aromatic rings. The molecule has 0 spiro atoms. The van der Waals surface area contributed by atoms with Crippen molar-refractivity contribution in [1.29, 1.82) is 0 Å². The molecule has 1 fully saturated rings. The summed E-state index contributed by atoms with van der Waals surface area (Å²) in [5.74, 6) is 0.0999. The summed E-state index contributed by atoms with van der Waals surface area (Å²) in [7, 11) is 1.70. The minimum Gasteiger partial charge on any atom is -0.383 e. The first-order chi connectivity index (χ1) is 11.2. The van der Waals surface area contributed by atoms with Crippen molar-refractivity contribution in [1.82, 2.24) is 20.1 Å². The summed E-state index contributed by atoms with van der Waals surface area (Å²) in [6.07, 6.45) is 2.39. The van der Waals surface area contributed by atoms with Crippen LogP contribution in [0.4, 0.5) is 0 Å². The number of aldehydes is 1. The molecule has 2 rings (SSSR count). The Bertz CT molecular complexity index is 516. The smallest absolute Gasteiger partial charge is 0.236 e. The topological polar surface area (TPSA) is 74.8 Å². The number of rotatable bonds is 8. The van der Waals surface area contributed by atoms with E-state index in [1.165, 1.54) is 0 Å². The van der Waals surface area contributed by atoms with Crippen molar-refractivity contribution in [3.8, 4) is 0 Å². The fourth-order valence-corrected chi connectivity index (χ4v) is 2.52. The van der Waals surface area contributed by atoms with Crippen LogP contribution in [-0.2, 0) is 16.1 Å². The lowest BCUT2D eigenvalue weighted by molar-refractivity contribution is -0.132. The first-order valence-corrected chi connectivity index (χ1v) is 7.83. The SMILES string of the molecule is COCCN1CCN(C(=O)CNCc2cc(C=O)ccn2)CC1. The molecule has 1 aliphatic rings. The molecule has 1 saturated heterocycles. The highest BCUT2D eigenvalue weighted by molar-refractivity contribution is 5.78. The van der Waals surface area contributed by atoms with Crippen molar-refractivity contribution in [2.45, 2.75) is 6.54 Å². The van der Waals surface area contributed by atoms with Gasteiger partial charge in [0.25, 0.3) is 0 Å². The Morgan fingerprint density at radius 1 is 1.39 bits per heavy atom. The molecular weight excluding hydrogens is 296 g/mol. The fraction of sp³-hybridized carbons (Fsp3) is 0.562. The number of carbonyl (C=O) groups is 2. The van der Waals surface area contributed by atoms with Crippen LogP contribution in [0.15, 0.2) is 18.3 Å². The Morgan fingerprint density at radius 3 is 2.87 bits per heavy atom. The van der Waals surface area contributed by atoms with Gasteiger partial charge in [0.2, 0.25) is 5.91 Å². The zero-order chi connectivity index (χ0) is 16.5. The number of amides is 1. The summed E-state index contributed by atoms with van der Waals surface area (Å²) in [6.45, 7) is 5.67. The maximum absolute atomic E-state index is 12.2. The molecule has 126 valence electrons. The summed E-state index contributed by atoms with van der Waals surface area (Å²) < 4.78 is 5.07. The number of hydrogen-bond donors (Lipinski definition) is 1. The lowest BCUT2D eigenvalue weighted by atomic mass is 10.2. The van der Waals surface area contributed by atoms with E-state index in [4.69, 9.17) is 4.74 Å². The third kappa shape index (κ3) is 5.70. The Morgan fingerprint density at radius 2 is 2.17 bits per heavy atom. The van der Waals surface area contributed by atoms with Gasteiger partial charge in [0.15, 0.2) is 0 Å². The molecule has 1 N–H and O–H groups in total. The summed E-state index contributed by atoms with van der Waals surface area (Å²) in [5, 5.41) is 3.09. The largest absolute Gasteiger partial charge is 0.383 e. The molecular formula is C16H24N4O3. The standard InChI is InChI=1S/C16H24N4O3/c1-23-9-8-19-4-6-20(7-5-19)16(22)12-17-11-15-10-14(13-21)2-3-18-15/h2-3,10,13,17H,4-9,11-12H2,1H3. The monoisotopic (exact) mass is 320 g/mol. The van der Waals surface area contributed by atoms with Crippen molar-refractivity contribution >= 4 is 12.2 Å². The van der Waals surface area contributed by atoms with Crippen LogP contribution < -0.4 is 5.32 Å². The zero-order valence-electron chi connectivity index (χ0n) is 13.5. The summed E-state index contributed by atoms with van der Waals surface area (Å²) >= 11 is 0. The maximum atomic E-state index is 12.2. The molecule has 0 aromatic carbocycles. The van der Waals surface area contributed by atoms with Crippen molar-refractivity contribution < 1.29 is 14.3 Å². The lowest BCUT2D eigenvalue weighted by Gasteiger charge is -2.34. The third-order valence-electron chi connectivity index (χ3n) is 3.90. The second-order valence-corrected chi connectivity index (χ2v) is 5.52. The molecule has 0 aliphatic carbocycles. The zero-order valence-corrected chi connectivity index (χ0v) is 13.5. The Labute approximate surface area is 136 Å². The first kappa shape index (κ1) is 17.5. The molecule has 1 amide bonds. The number of aromatic nitrogens is 1. The van der Waals surface area contributed by atoms with Gasteiger partial charge in [-0.25, -0.2) is 0 Å². The van der Waals surface area contributed by atoms with E-state index in [2.05, 4.69) is 15.2 Å². The van der Waals surface area contributed by atoms with E-state index in [0.29, 0.717) is 12.1 Å². The second kappa shape index (κ2) is 9.34. The van der Waals surface area contributed by atoms with Gasteiger partial charge in [0.1, 0.15) is 6.29 Å². The van der Waals surface area contributed by atoms with Gasteiger partial charge in [-0.05, 0) is 12.1 Å². The molecule has 0 radical (unpaired) electrons. The van der Waals surface area contributed by atoms with Crippen LogP contribution in [0.25, 0.3) is 0 Å². The van der Waals surface area contributed by atoms with Crippen LogP contribution >= 0.6 is 0 Å². The highest BCUT2D eigenvalue weighted by Gasteiger charge is 2.20. The normalized spacial score (nSPS) is 15.6. The number of hydrogen-bond acceptors (Lipinski definition) is 6. The third-order valence-corrected chi connectivity index (χ3v) is 3.90. The average Bonchev–Trinajstić information content (AvgIpc) is 2.60. The van der Waals surface area contributed by atoms with Gasteiger partial charge in [-0.1, -0.05) is 0 Å². The number of pyridine rings is 1. The van der Waals surface area contributed by atoms with E-state index in [1.54, 1.807) is 25.4 Å². The predicted molar refractivity (Wildman–Crippen MR) is 86.2 cm³/mol. The molecule has 1 aromatic heterocycles. The van der Waals surface area contributed by atoms with E-state index < -0.39 is 0 Å². The molecule has 0 saturated carbocycles. The highest BCUT2D eigenvalue weighted by atomic mass is 16.5. The maximum Gasteiger partial charge on any atom is 0.236 e. The van der Waals surface area contributed by atoms with E-state index in [9.17, 15) is 9.59 Å². The van der Waals surface area contributed by atoms with Gasteiger partial charge < -0.3 is 15.0 Å². The number of carbonyl (C=O) groups excluding carboxylic acids is 2. The second-order valence-electron chi connectivity index (χ2n) is 5.52. The van der Waals surface area contributed by atoms with Crippen molar-refractivity contribution in [2.75, 3.05) is 53.0 Å². The van der Waals surface area contributed by atoms with Crippen LogP contribution in [0, 0.1) is 0 Å². The Balaban J connectivity index is 1.68. The van der Waals surface area contributed by atoms with Crippen LogP contribution in [-0.4, -0.2) is 80.0 Å². The van der Waals surface area contributed by atoms with E-state index in [1.807, 2.05) is 4.90 Å². The van der Waals surface area contributed by atoms with Crippen LogP contribution in [0.5, 0.6) is 0 Å². The van der Waals surface area contributed by atoms with Crippen LogP contribution in [0.3, 0.4) is 0 Å². The van der Waals surface area contributed by atoms with Crippen molar-refractivity contribution in [2.24, 2.45) is 0 Å². The molecule has 0 bridgehead atoms. The highest BCUT2D eigenvalue weighted by Crippen LogP contribution is 2.02. The molecule has 2 heterocycles.